The van der Waals surface area contributed by atoms with Crippen LogP contribution in [0.15, 0.2) is 29.3 Å². The Hall–Kier alpha value is -1.75. The summed E-state index contributed by atoms with van der Waals surface area (Å²) in [5, 5.41) is 6.92. The van der Waals surface area contributed by atoms with Gasteiger partial charge in [0, 0.05) is 31.7 Å². The van der Waals surface area contributed by atoms with Crippen LogP contribution >= 0.6 is 0 Å². The van der Waals surface area contributed by atoms with Crippen LogP contribution in [0, 0.1) is 0 Å². The van der Waals surface area contributed by atoms with E-state index in [1.807, 2.05) is 13.1 Å². The van der Waals surface area contributed by atoms with Gasteiger partial charge in [-0.25, -0.2) is 0 Å². The van der Waals surface area contributed by atoms with Gasteiger partial charge in [-0.2, -0.15) is 0 Å². The highest BCUT2D eigenvalue weighted by Gasteiger charge is 2.23. The lowest BCUT2D eigenvalue weighted by Crippen LogP contribution is -2.44. The summed E-state index contributed by atoms with van der Waals surface area (Å²) in [6, 6.07) is 8.94. The maximum absolute atomic E-state index is 6.11. The van der Waals surface area contributed by atoms with Crippen LogP contribution in [0.1, 0.15) is 44.6 Å². The van der Waals surface area contributed by atoms with Gasteiger partial charge in [-0.3, -0.25) is 9.89 Å². The van der Waals surface area contributed by atoms with Gasteiger partial charge < -0.3 is 15.4 Å². The van der Waals surface area contributed by atoms with Crippen LogP contribution in [0.3, 0.4) is 0 Å². The van der Waals surface area contributed by atoms with Gasteiger partial charge in [0.25, 0.3) is 0 Å². The highest BCUT2D eigenvalue weighted by Crippen LogP contribution is 2.27. The Morgan fingerprint density at radius 3 is 2.76 bits per heavy atom. The Labute approximate surface area is 151 Å². The highest BCUT2D eigenvalue weighted by atomic mass is 16.5. The second-order valence-electron chi connectivity index (χ2n) is 7.01. The number of guanidine groups is 1. The minimum Gasteiger partial charge on any atom is -0.490 e. The number of aliphatic imine (C=N–C) groups is 1. The smallest absolute Gasteiger partial charge is 0.191 e. The molecule has 1 aliphatic carbocycles. The third kappa shape index (κ3) is 4.88. The van der Waals surface area contributed by atoms with E-state index >= 15 is 0 Å². The van der Waals surface area contributed by atoms with Gasteiger partial charge in [0.1, 0.15) is 5.75 Å². The lowest BCUT2D eigenvalue weighted by Gasteiger charge is -2.27. The van der Waals surface area contributed by atoms with E-state index in [1.54, 1.807) is 0 Å². The molecular weight excluding hydrogens is 312 g/mol. The molecule has 1 aromatic rings. The van der Waals surface area contributed by atoms with E-state index in [-0.39, 0.29) is 0 Å². The fourth-order valence-corrected chi connectivity index (χ4v) is 3.59. The molecule has 1 aromatic carbocycles. The molecule has 3 rings (SSSR count). The predicted molar refractivity (Wildman–Crippen MR) is 103 cm³/mol. The van der Waals surface area contributed by atoms with E-state index in [1.165, 1.54) is 44.2 Å². The topological polar surface area (TPSA) is 48.9 Å². The Kier molecular flexibility index (Phi) is 6.56. The largest absolute Gasteiger partial charge is 0.490 e. The number of nitrogens with one attached hydrogen (secondary N) is 2. The number of rotatable bonds is 7. The molecule has 2 N–H and O–H groups in total. The van der Waals surface area contributed by atoms with E-state index in [9.17, 15) is 0 Å². The molecule has 0 radical (unpaired) electrons. The molecule has 1 aliphatic heterocycles. The molecule has 1 saturated heterocycles. The zero-order valence-corrected chi connectivity index (χ0v) is 15.6. The first kappa shape index (κ1) is 18.1. The summed E-state index contributed by atoms with van der Waals surface area (Å²) >= 11 is 0. The normalized spacial score (nSPS) is 21.8. The van der Waals surface area contributed by atoms with Gasteiger partial charge in [0.15, 0.2) is 5.96 Å². The second-order valence-corrected chi connectivity index (χ2v) is 7.01. The fourth-order valence-electron chi connectivity index (χ4n) is 3.59. The molecule has 2 fully saturated rings. The Morgan fingerprint density at radius 2 is 2.04 bits per heavy atom. The maximum atomic E-state index is 6.11. The van der Waals surface area contributed by atoms with Crippen molar-refractivity contribution in [2.75, 3.05) is 26.7 Å². The number of nitrogens with zero attached hydrogens (tertiary/aromatic N) is 2. The molecule has 5 heteroatoms. The second kappa shape index (κ2) is 9.09. The molecule has 5 nitrogen and oxygen atoms in total. The van der Waals surface area contributed by atoms with Crippen molar-refractivity contribution in [2.45, 2.75) is 57.7 Å². The van der Waals surface area contributed by atoms with Crippen molar-refractivity contribution in [3.63, 3.8) is 0 Å². The summed E-state index contributed by atoms with van der Waals surface area (Å²) in [7, 11) is 1.83. The van der Waals surface area contributed by atoms with Crippen LogP contribution in [0.2, 0.25) is 0 Å². The Bertz CT molecular complexity index is 571. The minimum atomic E-state index is 0.404. The summed E-state index contributed by atoms with van der Waals surface area (Å²) in [5.41, 5.74) is 1.19. The van der Waals surface area contributed by atoms with E-state index in [4.69, 9.17) is 4.74 Å². The zero-order valence-electron chi connectivity index (χ0n) is 15.6. The average molecular weight is 345 g/mol. The van der Waals surface area contributed by atoms with Crippen LogP contribution in [0.5, 0.6) is 5.75 Å². The van der Waals surface area contributed by atoms with Gasteiger partial charge in [0.05, 0.1) is 6.10 Å². The molecule has 0 aromatic heterocycles. The van der Waals surface area contributed by atoms with E-state index in [2.05, 4.69) is 45.6 Å². The van der Waals surface area contributed by atoms with Crippen molar-refractivity contribution in [3.8, 4) is 5.75 Å². The number of likely N-dealkylation sites (N-methyl/N-ethyl adjacent to an activating group) is 1. The van der Waals surface area contributed by atoms with Crippen molar-refractivity contribution in [1.82, 2.24) is 15.5 Å². The van der Waals surface area contributed by atoms with E-state index in [0.717, 1.165) is 31.3 Å². The first-order valence-corrected chi connectivity index (χ1v) is 9.73. The monoisotopic (exact) mass is 344 g/mol. The molecule has 25 heavy (non-hydrogen) atoms. The molecule has 0 bridgehead atoms. The minimum absolute atomic E-state index is 0.404. The van der Waals surface area contributed by atoms with Crippen LogP contribution in [0.4, 0.5) is 0 Å². The molecule has 0 spiro atoms. The zero-order chi connectivity index (χ0) is 17.5. The van der Waals surface area contributed by atoms with Gasteiger partial charge in [0.2, 0.25) is 0 Å². The standard InChI is InChI=1S/C20H32N4O/c1-3-24-13-7-9-17(24)15-23-20(21-2)22-14-16-8-4-5-12-19(16)25-18-10-6-11-18/h4-5,8,12,17-18H,3,6-7,9-11,13-15H2,1-2H3,(H2,21,22,23). The number of ether oxygens (including phenoxy) is 1. The van der Waals surface area contributed by atoms with Crippen LogP contribution < -0.4 is 15.4 Å². The van der Waals surface area contributed by atoms with Crippen molar-refractivity contribution >= 4 is 5.96 Å². The summed E-state index contributed by atoms with van der Waals surface area (Å²) in [4.78, 5) is 6.91. The number of para-hydroxylation sites is 1. The van der Waals surface area contributed by atoms with Crippen molar-refractivity contribution in [3.05, 3.63) is 29.8 Å². The summed E-state index contributed by atoms with van der Waals surface area (Å²) in [5.74, 6) is 1.87. The average Bonchev–Trinajstić information content (AvgIpc) is 3.06. The number of hydrogen-bond acceptors (Lipinski definition) is 3. The quantitative estimate of drug-likeness (QED) is 0.590. The summed E-state index contributed by atoms with van der Waals surface area (Å²) < 4.78 is 6.11. The van der Waals surface area contributed by atoms with E-state index in [0.29, 0.717) is 12.1 Å². The van der Waals surface area contributed by atoms with Gasteiger partial charge in [-0.15, -0.1) is 0 Å². The third-order valence-corrected chi connectivity index (χ3v) is 5.40. The molecule has 1 unspecified atom stereocenters. The molecule has 0 amide bonds. The SMILES string of the molecule is CCN1CCCC1CNC(=NC)NCc1ccccc1OC1CCC1. The molecule has 1 atom stereocenters. The van der Waals surface area contributed by atoms with Crippen LogP contribution in [-0.4, -0.2) is 49.7 Å². The summed E-state index contributed by atoms with van der Waals surface area (Å²) in [6.07, 6.45) is 6.63. The van der Waals surface area contributed by atoms with Crippen molar-refractivity contribution < 1.29 is 4.74 Å². The predicted octanol–water partition coefficient (Wildman–Crippen LogP) is 2.77. The molecular formula is C20H32N4O. The molecule has 1 heterocycles. The lowest BCUT2D eigenvalue weighted by molar-refractivity contribution is 0.119. The van der Waals surface area contributed by atoms with Crippen molar-refractivity contribution in [1.29, 1.82) is 0 Å². The van der Waals surface area contributed by atoms with Crippen LogP contribution in [0.25, 0.3) is 0 Å². The number of benzene rings is 1. The number of hydrogen-bond donors (Lipinski definition) is 2. The van der Waals surface area contributed by atoms with Gasteiger partial charge >= 0.3 is 0 Å². The lowest BCUT2D eigenvalue weighted by atomic mass is 9.96. The van der Waals surface area contributed by atoms with Crippen LogP contribution in [-0.2, 0) is 6.54 Å². The fraction of sp³-hybridized carbons (Fsp3) is 0.650. The van der Waals surface area contributed by atoms with Gasteiger partial charge in [-0.1, -0.05) is 25.1 Å². The summed E-state index contributed by atoms with van der Waals surface area (Å²) in [6.45, 7) is 6.27. The molecule has 1 saturated carbocycles. The first-order chi connectivity index (χ1) is 12.3. The van der Waals surface area contributed by atoms with E-state index < -0.39 is 0 Å². The van der Waals surface area contributed by atoms with Crippen molar-refractivity contribution in [2.24, 2.45) is 4.99 Å². The first-order valence-electron chi connectivity index (χ1n) is 9.73. The third-order valence-electron chi connectivity index (χ3n) is 5.40. The maximum Gasteiger partial charge on any atom is 0.191 e. The Balaban J connectivity index is 1.49. The molecule has 2 aliphatic rings. The molecule has 138 valence electrons. The highest BCUT2D eigenvalue weighted by molar-refractivity contribution is 5.79. The Morgan fingerprint density at radius 1 is 1.20 bits per heavy atom. The number of likely N-dealkylation sites (tertiary alicyclic amines) is 1. The van der Waals surface area contributed by atoms with Gasteiger partial charge in [-0.05, 0) is 51.3 Å².